The first-order valence-electron chi connectivity index (χ1n) is 8.91. The fraction of sp³-hybridized carbons (Fsp3) is 0.0455. The van der Waals surface area contributed by atoms with E-state index in [0.29, 0.717) is 28.5 Å². The Morgan fingerprint density at radius 3 is 2.40 bits per heavy atom. The molecule has 0 aliphatic rings. The van der Waals surface area contributed by atoms with Gasteiger partial charge in [-0.25, -0.2) is 0 Å². The van der Waals surface area contributed by atoms with Gasteiger partial charge in [-0.3, -0.25) is 14.3 Å². The Bertz CT molecular complexity index is 1150. The number of nitrogens with zero attached hydrogens (tertiary/aromatic N) is 2. The molecule has 0 saturated heterocycles. The van der Waals surface area contributed by atoms with Gasteiger partial charge in [-0.1, -0.05) is 43.0 Å². The van der Waals surface area contributed by atoms with Gasteiger partial charge in [-0.2, -0.15) is 5.10 Å². The number of benzene rings is 2. The SMILES string of the molecule is C=C(Cl)C(=C)C(=O)Nc1ccc(-c2cc(NC(=O)c3cccc(N)c3)n(C)n2)cc1. The molecular weight excluding hydrogens is 402 g/mol. The molecular formula is C22H20ClN5O2. The van der Waals surface area contributed by atoms with Gasteiger partial charge in [0.15, 0.2) is 0 Å². The van der Waals surface area contributed by atoms with E-state index in [9.17, 15) is 9.59 Å². The van der Waals surface area contributed by atoms with Crippen LogP contribution in [0.1, 0.15) is 10.4 Å². The molecule has 0 saturated carbocycles. The Kier molecular flexibility index (Phi) is 6.03. The van der Waals surface area contributed by atoms with Crippen LogP contribution in [0.3, 0.4) is 0 Å². The maximum absolute atomic E-state index is 12.4. The highest BCUT2D eigenvalue weighted by Gasteiger charge is 2.13. The van der Waals surface area contributed by atoms with Crippen LogP contribution in [-0.4, -0.2) is 21.6 Å². The van der Waals surface area contributed by atoms with Gasteiger partial charge in [-0.05, 0) is 30.3 Å². The largest absolute Gasteiger partial charge is 0.399 e. The minimum absolute atomic E-state index is 0.0883. The normalized spacial score (nSPS) is 10.3. The van der Waals surface area contributed by atoms with Gasteiger partial charge in [-0.15, -0.1) is 0 Å². The number of halogens is 1. The number of aromatic nitrogens is 2. The van der Waals surface area contributed by atoms with E-state index in [1.54, 1.807) is 66.3 Å². The topological polar surface area (TPSA) is 102 Å². The average Bonchev–Trinajstić information content (AvgIpc) is 3.08. The van der Waals surface area contributed by atoms with Crippen molar-refractivity contribution in [3.05, 3.63) is 83.9 Å². The van der Waals surface area contributed by atoms with Crippen LogP contribution in [-0.2, 0) is 11.8 Å². The lowest BCUT2D eigenvalue weighted by Crippen LogP contribution is -2.14. The van der Waals surface area contributed by atoms with Gasteiger partial charge < -0.3 is 16.4 Å². The second-order valence-corrected chi connectivity index (χ2v) is 6.99. The van der Waals surface area contributed by atoms with E-state index in [4.69, 9.17) is 17.3 Å². The standard InChI is InChI=1S/C22H20ClN5O2/c1-13(14(2)23)21(29)25-18-9-7-15(8-10-18)19-12-20(28(3)27-19)26-22(30)16-5-4-6-17(24)11-16/h4-12H,1-2,24H2,3H3,(H,25,29)(H,26,30). The van der Waals surface area contributed by atoms with E-state index in [1.807, 2.05) is 0 Å². The minimum Gasteiger partial charge on any atom is -0.399 e. The van der Waals surface area contributed by atoms with Gasteiger partial charge in [0.05, 0.1) is 11.3 Å². The number of nitrogen functional groups attached to an aromatic ring is 1. The van der Waals surface area contributed by atoms with E-state index < -0.39 is 5.91 Å². The second kappa shape index (κ2) is 8.67. The third-order valence-electron chi connectivity index (χ3n) is 4.31. The molecule has 0 spiro atoms. The summed E-state index contributed by atoms with van der Waals surface area (Å²) in [5, 5.41) is 10.0. The molecule has 152 valence electrons. The number of carbonyl (C=O) groups excluding carboxylic acids is 2. The number of rotatable bonds is 6. The fourth-order valence-electron chi connectivity index (χ4n) is 2.65. The molecule has 7 nitrogen and oxygen atoms in total. The third-order valence-corrected chi connectivity index (χ3v) is 4.54. The molecule has 3 aromatic rings. The fourth-order valence-corrected chi connectivity index (χ4v) is 2.73. The molecule has 0 aliphatic carbocycles. The van der Waals surface area contributed by atoms with E-state index in [1.165, 1.54) is 0 Å². The van der Waals surface area contributed by atoms with Crippen molar-refractivity contribution in [3.63, 3.8) is 0 Å². The summed E-state index contributed by atoms with van der Waals surface area (Å²) in [5.41, 5.74) is 8.86. The quantitative estimate of drug-likeness (QED) is 0.316. The molecule has 1 heterocycles. The van der Waals surface area contributed by atoms with Crippen LogP contribution >= 0.6 is 11.6 Å². The zero-order valence-electron chi connectivity index (χ0n) is 16.3. The van der Waals surface area contributed by atoms with Gasteiger partial charge in [0.25, 0.3) is 11.8 Å². The van der Waals surface area contributed by atoms with Crippen LogP contribution in [0.25, 0.3) is 11.3 Å². The van der Waals surface area contributed by atoms with Gasteiger partial charge in [0.2, 0.25) is 0 Å². The molecule has 3 rings (SSSR count). The molecule has 0 atom stereocenters. The Balaban J connectivity index is 1.73. The molecule has 0 fully saturated rings. The molecule has 2 amide bonds. The van der Waals surface area contributed by atoms with Crippen LogP contribution in [0.15, 0.2) is 78.4 Å². The van der Waals surface area contributed by atoms with Crippen LogP contribution < -0.4 is 16.4 Å². The van der Waals surface area contributed by atoms with Crippen LogP contribution in [0.2, 0.25) is 0 Å². The Morgan fingerprint density at radius 2 is 1.77 bits per heavy atom. The summed E-state index contributed by atoms with van der Waals surface area (Å²) in [6, 6.07) is 15.6. The lowest BCUT2D eigenvalue weighted by Gasteiger charge is -2.07. The van der Waals surface area contributed by atoms with Crippen molar-refractivity contribution in [2.24, 2.45) is 7.05 Å². The lowest BCUT2D eigenvalue weighted by atomic mass is 10.1. The molecule has 0 bridgehead atoms. The van der Waals surface area contributed by atoms with Crippen molar-refractivity contribution in [3.8, 4) is 11.3 Å². The zero-order valence-corrected chi connectivity index (χ0v) is 17.0. The number of anilines is 3. The minimum atomic E-state index is -0.424. The number of hydrogen-bond acceptors (Lipinski definition) is 4. The molecule has 0 unspecified atom stereocenters. The predicted molar refractivity (Wildman–Crippen MR) is 120 cm³/mol. The van der Waals surface area contributed by atoms with E-state index in [-0.39, 0.29) is 16.5 Å². The summed E-state index contributed by atoms with van der Waals surface area (Å²) >= 11 is 5.69. The summed E-state index contributed by atoms with van der Waals surface area (Å²) in [6.07, 6.45) is 0. The van der Waals surface area contributed by atoms with Crippen molar-refractivity contribution in [2.75, 3.05) is 16.4 Å². The van der Waals surface area contributed by atoms with Gasteiger partial charge in [0.1, 0.15) is 5.82 Å². The highest BCUT2D eigenvalue weighted by molar-refractivity contribution is 6.35. The Morgan fingerprint density at radius 1 is 1.07 bits per heavy atom. The maximum Gasteiger partial charge on any atom is 0.256 e. The smallest absolute Gasteiger partial charge is 0.256 e. The predicted octanol–water partition coefficient (Wildman–Crippen LogP) is 4.17. The van der Waals surface area contributed by atoms with Crippen molar-refractivity contribution < 1.29 is 9.59 Å². The molecule has 30 heavy (non-hydrogen) atoms. The van der Waals surface area contributed by atoms with E-state index in [0.717, 1.165) is 5.56 Å². The zero-order chi connectivity index (χ0) is 21.8. The van der Waals surface area contributed by atoms with Crippen LogP contribution in [0, 0.1) is 0 Å². The molecule has 2 aromatic carbocycles. The summed E-state index contributed by atoms with van der Waals surface area (Å²) in [4.78, 5) is 24.4. The van der Waals surface area contributed by atoms with E-state index in [2.05, 4.69) is 28.9 Å². The highest BCUT2D eigenvalue weighted by atomic mass is 35.5. The Hall–Kier alpha value is -3.84. The molecule has 0 radical (unpaired) electrons. The van der Waals surface area contributed by atoms with Crippen molar-refractivity contribution >= 4 is 40.6 Å². The first-order chi connectivity index (χ1) is 14.2. The van der Waals surface area contributed by atoms with Crippen molar-refractivity contribution in [1.29, 1.82) is 0 Å². The van der Waals surface area contributed by atoms with Gasteiger partial charge in [0, 0.05) is 40.6 Å². The molecule has 4 N–H and O–H groups in total. The molecule has 0 aliphatic heterocycles. The van der Waals surface area contributed by atoms with Gasteiger partial charge >= 0.3 is 0 Å². The van der Waals surface area contributed by atoms with Crippen molar-refractivity contribution in [2.45, 2.75) is 0 Å². The Labute approximate surface area is 178 Å². The number of amides is 2. The third kappa shape index (κ3) is 4.76. The van der Waals surface area contributed by atoms with E-state index >= 15 is 0 Å². The monoisotopic (exact) mass is 421 g/mol. The van der Waals surface area contributed by atoms with Crippen LogP contribution in [0.4, 0.5) is 17.2 Å². The number of carbonyl (C=O) groups is 2. The second-order valence-electron chi connectivity index (χ2n) is 6.53. The first-order valence-corrected chi connectivity index (χ1v) is 9.29. The molecule has 8 heteroatoms. The van der Waals surface area contributed by atoms with Crippen LogP contribution in [0.5, 0.6) is 0 Å². The number of hydrogen-bond donors (Lipinski definition) is 3. The summed E-state index contributed by atoms with van der Waals surface area (Å²) in [6.45, 7) is 7.06. The highest BCUT2D eigenvalue weighted by Crippen LogP contribution is 2.24. The average molecular weight is 422 g/mol. The number of nitrogens with two attached hydrogens (primary N) is 1. The number of aryl methyl sites for hydroxylation is 1. The summed E-state index contributed by atoms with van der Waals surface area (Å²) in [7, 11) is 1.73. The number of nitrogens with one attached hydrogen (secondary N) is 2. The lowest BCUT2D eigenvalue weighted by molar-refractivity contribution is -0.112. The molecule has 1 aromatic heterocycles. The first kappa shape index (κ1) is 20.9. The summed E-state index contributed by atoms with van der Waals surface area (Å²) in [5.74, 6) is -0.171. The van der Waals surface area contributed by atoms with Crippen molar-refractivity contribution in [1.82, 2.24) is 9.78 Å². The summed E-state index contributed by atoms with van der Waals surface area (Å²) < 4.78 is 1.57. The maximum atomic E-state index is 12.4.